The van der Waals surface area contributed by atoms with E-state index in [1.807, 2.05) is 25.2 Å². The van der Waals surface area contributed by atoms with Gasteiger partial charge in [0.25, 0.3) is 0 Å². The van der Waals surface area contributed by atoms with Crippen LogP contribution < -0.4 is 5.32 Å². The molecule has 1 heterocycles. The van der Waals surface area contributed by atoms with Crippen molar-refractivity contribution in [3.63, 3.8) is 0 Å². The fraction of sp³-hybridized carbons (Fsp3) is 0.214. The lowest BCUT2D eigenvalue weighted by Crippen LogP contribution is -2.20. The standard InChI is InChI=1S/C14H13BrClFN2/c1-18-14(13-5-4-11(17)8-19-13)6-9-2-3-10(15)7-12(9)16/h2-5,7-8,14,18H,6H2,1H3. The van der Waals surface area contributed by atoms with Gasteiger partial charge in [-0.1, -0.05) is 33.6 Å². The van der Waals surface area contributed by atoms with Gasteiger partial charge in [-0.05, 0) is 43.3 Å². The Labute approximate surface area is 125 Å². The van der Waals surface area contributed by atoms with Crippen LogP contribution in [0, 0.1) is 5.82 Å². The third kappa shape index (κ3) is 3.75. The van der Waals surface area contributed by atoms with E-state index in [0.717, 1.165) is 15.7 Å². The minimum Gasteiger partial charge on any atom is -0.311 e. The summed E-state index contributed by atoms with van der Waals surface area (Å²) >= 11 is 9.58. The quantitative estimate of drug-likeness (QED) is 0.902. The summed E-state index contributed by atoms with van der Waals surface area (Å²) in [5, 5.41) is 3.88. The van der Waals surface area contributed by atoms with Gasteiger partial charge in [0.2, 0.25) is 0 Å². The Morgan fingerprint density at radius 1 is 1.37 bits per heavy atom. The zero-order valence-corrected chi connectivity index (χ0v) is 12.7. The van der Waals surface area contributed by atoms with Crippen molar-refractivity contribution in [3.05, 3.63) is 63.1 Å². The molecule has 1 atom stereocenters. The normalized spacial score (nSPS) is 12.4. The fourth-order valence-electron chi connectivity index (χ4n) is 1.86. The smallest absolute Gasteiger partial charge is 0.141 e. The van der Waals surface area contributed by atoms with E-state index in [1.165, 1.54) is 12.3 Å². The van der Waals surface area contributed by atoms with E-state index in [4.69, 9.17) is 11.6 Å². The molecule has 0 saturated carbocycles. The van der Waals surface area contributed by atoms with Crippen LogP contribution in [0.1, 0.15) is 17.3 Å². The lowest BCUT2D eigenvalue weighted by Gasteiger charge is -2.16. The van der Waals surface area contributed by atoms with E-state index >= 15 is 0 Å². The second-order valence-electron chi connectivity index (χ2n) is 4.18. The van der Waals surface area contributed by atoms with Gasteiger partial charge in [-0.2, -0.15) is 0 Å². The van der Waals surface area contributed by atoms with Crippen molar-refractivity contribution in [3.8, 4) is 0 Å². The van der Waals surface area contributed by atoms with Gasteiger partial charge in [-0.25, -0.2) is 4.39 Å². The van der Waals surface area contributed by atoms with Crippen molar-refractivity contribution < 1.29 is 4.39 Å². The summed E-state index contributed by atoms with van der Waals surface area (Å²) in [7, 11) is 1.85. The number of hydrogen-bond acceptors (Lipinski definition) is 2. The van der Waals surface area contributed by atoms with Gasteiger partial charge in [-0.15, -0.1) is 0 Å². The molecule has 0 spiro atoms. The molecule has 1 unspecified atom stereocenters. The first-order valence-electron chi connectivity index (χ1n) is 5.83. The Morgan fingerprint density at radius 2 is 2.16 bits per heavy atom. The van der Waals surface area contributed by atoms with Crippen molar-refractivity contribution in [2.45, 2.75) is 12.5 Å². The van der Waals surface area contributed by atoms with Crippen LogP contribution in [0.3, 0.4) is 0 Å². The van der Waals surface area contributed by atoms with Gasteiger partial charge in [0, 0.05) is 9.50 Å². The van der Waals surface area contributed by atoms with E-state index in [-0.39, 0.29) is 11.9 Å². The molecule has 0 aliphatic heterocycles. The third-order valence-electron chi connectivity index (χ3n) is 2.89. The summed E-state index contributed by atoms with van der Waals surface area (Å²) in [5.74, 6) is -0.333. The van der Waals surface area contributed by atoms with Crippen molar-refractivity contribution in [2.75, 3.05) is 7.05 Å². The second kappa shape index (κ2) is 6.46. The summed E-state index contributed by atoms with van der Waals surface area (Å²) < 4.78 is 13.8. The van der Waals surface area contributed by atoms with Crippen molar-refractivity contribution in [1.82, 2.24) is 10.3 Å². The summed E-state index contributed by atoms with van der Waals surface area (Å²) in [5.41, 5.74) is 1.82. The van der Waals surface area contributed by atoms with Crippen molar-refractivity contribution in [1.29, 1.82) is 0 Å². The first-order chi connectivity index (χ1) is 9.10. The topological polar surface area (TPSA) is 24.9 Å². The van der Waals surface area contributed by atoms with E-state index < -0.39 is 0 Å². The highest BCUT2D eigenvalue weighted by molar-refractivity contribution is 9.10. The third-order valence-corrected chi connectivity index (χ3v) is 3.74. The average Bonchev–Trinajstić information content (AvgIpc) is 2.39. The Bertz CT molecular complexity index is 560. The highest BCUT2D eigenvalue weighted by Crippen LogP contribution is 2.25. The first-order valence-corrected chi connectivity index (χ1v) is 7.00. The largest absolute Gasteiger partial charge is 0.311 e. The van der Waals surface area contributed by atoms with Gasteiger partial charge in [0.15, 0.2) is 0 Å². The number of nitrogens with one attached hydrogen (secondary N) is 1. The van der Waals surface area contributed by atoms with Crippen LogP contribution >= 0.6 is 27.5 Å². The molecular formula is C14H13BrClFN2. The number of hydrogen-bond donors (Lipinski definition) is 1. The maximum atomic E-state index is 12.9. The summed E-state index contributed by atoms with van der Waals surface area (Å²) in [6, 6.07) is 8.88. The molecular weight excluding hydrogens is 331 g/mol. The number of rotatable bonds is 4. The van der Waals surface area contributed by atoms with Crippen LogP contribution in [-0.4, -0.2) is 12.0 Å². The number of benzene rings is 1. The Kier molecular flexibility index (Phi) is 4.91. The highest BCUT2D eigenvalue weighted by atomic mass is 79.9. The van der Waals surface area contributed by atoms with Gasteiger partial charge in [-0.3, -0.25) is 4.98 Å². The molecule has 1 aromatic carbocycles. The predicted molar refractivity (Wildman–Crippen MR) is 78.9 cm³/mol. The predicted octanol–water partition coefficient (Wildman–Crippen LogP) is 4.14. The molecule has 2 rings (SSSR count). The Hall–Kier alpha value is -0.970. The number of nitrogens with zero attached hydrogens (tertiary/aromatic N) is 1. The zero-order chi connectivity index (χ0) is 13.8. The van der Waals surface area contributed by atoms with Crippen molar-refractivity contribution in [2.24, 2.45) is 0 Å². The Morgan fingerprint density at radius 3 is 2.74 bits per heavy atom. The number of aromatic nitrogens is 1. The highest BCUT2D eigenvalue weighted by Gasteiger charge is 2.13. The lowest BCUT2D eigenvalue weighted by molar-refractivity contribution is 0.565. The molecule has 100 valence electrons. The van der Waals surface area contributed by atoms with E-state index in [1.54, 1.807) is 6.07 Å². The minimum atomic E-state index is -0.333. The van der Waals surface area contributed by atoms with Gasteiger partial charge < -0.3 is 5.32 Å². The van der Waals surface area contributed by atoms with Crippen molar-refractivity contribution >= 4 is 27.5 Å². The average molecular weight is 344 g/mol. The molecule has 0 aliphatic carbocycles. The molecule has 1 N–H and O–H groups in total. The molecule has 5 heteroatoms. The SMILES string of the molecule is CNC(Cc1ccc(Br)cc1Cl)c1ccc(F)cn1. The second-order valence-corrected chi connectivity index (χ2v) is 5.51. The van der Waals surface area contributed by atoms with Gasteiger partial charge >= 0.3 is 0 Å². The van der Waals surface area contributed by atoms with E-state index in [0.29, 0.717) is 11.4 Å². The zero-order valence-electron chi connectivity index (χ0n) is 10.3. The molecule has 2 aromatic rings. The van der Waals surface area contributed by atoms with Crippen LogP contribution in [-0.2, 0) is 6.42 Å². The van der Waals surface area contributed by atoms with Gasteiger partial charge in [0.05, 0.1) is 17.9 Å². The van der Waals surface area contributed by atoms with Crippen LogP contribution in [0.25, 0.3) is 0 Å². The summed E-state index contributed by atoms with van der Waals surface area (Å²) in [6.45, 7) is 0. The lowest BCUT2D eigenvalue weighted by atomic mass is 10.0. The number of pyridine rings is 1. The number of likely N-dealkylation sites (N-methyl/N-ethyl adjacent to an activating group) is 1. The molecule has 0 saturated heterocycles. The summed E-state index contributed by atoms with van der Waals surface area (Å²) in [6.07, 6.45) is 1.92. The van der Waals surface area contributed by atoms with Gasteiger partial charge in [0.1, 0.15) is 5.82 Å². The minimum absolute atomic E-state index is 0.000671. The maximum Gasteiger partial charge on any atom is 0.141 e. The molecule has 0 fully saturated rings. The van der Waals surface area contributed by atoms with Crippen LogP contribution in [0.2, 0.25) is 5.02 Å². The van der Waals surface area contributed by atoms with E-state index in [9.17, 15) is 4.39 Å². The van der Waals surface area contributed by atoms with E-state index in [2.05, 4.69) is 26.2 Å². The van der Waals surface area contributed by atoms with Crippen LogP contribution in [0.15, 0.2) is 41.0 Å². The molecule has 0 amide bonds. The molecule has 2 nitrogen and oxygen atoms in total. The molecule has 0 radical (unpaired) electrons. The molecule has 1 aromatic heterocycles. The number of halogens is 3. The Balaban J connectivity index is 2.21. The molecule has 0 aliphatic rings. The van der Waals surface area contributed by atoms with Crippen LogP contribution in [0.4, 0.5) is 4.39 Å². The molecule has 0 bridgehead atoms. The van der Waals surface area contributed by atoms with Crippen LogP contribution in [0.5, 0.6) is 0 Å². The fourth-order valence-corrected chi connectivity index (χ4v) is 2.61. The monoisotopic (exact) mass is 342 g/mol. The first kappa shape index (κ1) is 14.4. The molecule has 19 heavy (non-hydrogen) atoms. The maximum absolute atomic E-state index is 12.9. The summed E-state index contributed by atoms with van der Waals surface area (Å²) in [4.78, 5) is 4.10.